The van der Waals surface area contributed by atoms with E-state index in [2.05, 4.69) is 75.8 Å². The fraction of sp³-hybridized carbons (Fsp3) is 0.222. The first-order chi connectivity index (χ1) is 12.7. The molecule has 0 N–H and O–H groups in total. The van der Waals surface area contributed by atoms with E-state index in [1.165, 1.54) is 11.1 Å². The number of thiazole rings is 1. The minimum absolute atomic E-state index is 0.508. The highest BCUT2D eigenvalue weighted by atomic mass is 32.2. The van der Waals surface area contributed by atoms with Gasteiger partial charge in [-0.15, -0.1) is 16.4 Å². The van der Waals surface area contributed by atoms with Crippen LogP contribution >= 0.6 is 34.4 Å². The molecule has 4 rings (SSSR count). The number of hydrogen-bond acceptors (Lipinski definition) is 7. The summed E-state index contributed by atoms with van der Waals surface area (Å²) in [6.07, 6.45) is 0. The number of thiophene rings is 1. The first kappa shape index (κ1) is 17.4. The fourth-order valence-electron chi connectivity index (χ4n) is 2.46. The average molecular weight is 400 g/mol. The van der Waals surface area contributed by atoms with Crippen LogP contribution in [0.15, 0.2) is 51.6 Å². The number of nitrogens with zero attached hydrogens (tertiary/aromatic N) is 5. The molecule has 26 heavy (non-hydrogen) atoms. The molecular formula is C18H17N5S3. The lowest BCUT2D eigenvalue weighted by Crippen LogP contribution is -2.00. The van der Waals surface area contributed by atoms with Gasteiger partial charge in [0.1, 0.15) is 5.01 Å². The molecule has 132 valence electrons. The van der Waals surface area contributed by atoms with Crippen molar-refractivity contribution < 1.29 is 0 Å². The van der Waals surface area contributed by atoms with Gasteiger partial charge in [0.05, 0.1) is 11.4 Å². The summed E-state index contributed by atoms with van der Waals surface area (Å²) in [5.74, 6) is 1.25. The van der Waals surface area contributed by atoms with Crippen LogP contribution in [0.1, 0.15) is 31.0 Å². The van der Waals surface area contributed by atoms with E-state index in [4.69, 9.17) is 4.98 Å². The molecule has 0 fully saturated rings. The van der Waals surface area contributed by atoms with Gasteiger partial charge in [-0.2, -0.15) is 16.0 Å². The SMILES string of the molecule is CC(C)c1ccc(-n2nnnc2SCc2csc(-c3ccsc3)n2)cc1. The van der Waals surface area contributed by atoms with Gasteiger partial charge in [0.2, 0.25) is 5.16 Å². The molecule has 3 heterocycles. The van der Waals surface area contributed by atoms with E-state index in [9.17, 15) is 0 Å². The van der Waals surface area contributed by atoms with E-state index in [1.807, 2.05) is 0 Å². The van der Waals surface area contributed by atoms with E-state index in [-0.39, 0.29) is 0 Å². The molecule has 8 heteroatoms. The van der Waals surface area contributed by atoms with E-state index in [0.717, 1.165) is 27.3 Å². The Morgan fingerprint density at radius 2 is 1.96 bits per heavy atom. The van der Waals surface area contributed by atoms with Gasteiger partial charge in [-0.25, -0.2) is 4.98 Å². The third-order valence-electron chi connectivity index (χ3n) is 3.91. The molecule has 4 aromatic rings. The van der Waals surface area contributed by atoms with Crippen LogP contribution in [0.3, 0.4) is 0 Å². The lowest BCUT2D eigenvalue weighted by Gasteiger charge is -2.07. The minimum Gasteiger partial charge on any atom is -0.240 e. The van der Waals surface area contributed by atoms with Crippen molar-refractivity contribution in [3.05, 3.63) is 57.7 Å². The number of hydrogen-bond donors (Lipinski definition) is 0. The van der Waals surface area contributed by atoms with E-state index in [0.29, 0.717) is 5.92 Å². The predicted octanol–water partition coefficient (Wildman–Crippen LogP) is 5.26. The lowest BCUT2D eigenvalue weighted by molar-refractivity contribution is 0.754. The molecule has 3 aromatic heterocycles. The van der Waals surface area contributed by atoms with Gasteiger partial charge in [-0.3, -0.25) is 0 Å². The van der Waals surface area contributed by atoms with Crippen LogP contribution in [0.4, 0.5) is 0 Å². The lowest BCUT2D eigenvalue weighted by atomic mass is 10.0. The molecule has 5 nitrogen and oxygen atoms in total. The van der Waals surface area contributed by atoms with Crippen molar-refractivity contribution in [1.82, 2.24) is 25.2 Å². The smallest absolute Gasteiger partial charge is 0.214 e. The molecule has 1 aromatic carbocycles. The molecule has 0 radical (unpaired) electrons. The van der Waals surface area contributed by atoms with E-state index < -0.39 is 0 Å². The van der Waals surface area contributed by atoms with Gasteiger partial charge >= 0.3 is 0 Å². The first-order valence-corrected chi connectivity index (χ1v) is 11.0. The summed E-state index contributed by atoms with van der Waals surface area (Å²) in [6.45, 7) is 4.37. The van der Waals surface area contributed by atoms with Crippen molar-refractivity contribution in [3.63, 3.8) is 0 Å². The van der Waals surface area contributed by atoms with Gasteiger partial charge < -0.3 is 0 Å². The fourth-order valence-corrected chi connectivity index (χ4v) is 4.88. The van der Waals surface area contributed by atoms with Crippen molar-refractivity contribution >= 4 is 34.4 Å². The zero-order chi connectivity index (χ0) is 17.9. The van der Waals surface area contributed by atoms with Crippen molar-refractivity contribution in [2.45, 2.75) is 30.7 Å². The molecule has 0 saturated carbocycles. The topological polar surface area (TPSA) is 56.5 Å². The second kappa shape index (κ2) is 7.69. The third kappa shape index (κ3) is 3.72. The average Bonchev–Trinajstić information content (AvgIpc) is 3.40. The number of tetrazole rings is 1. The summed E-state index contributed by atoms with van der Waals surface area (Å²) >= 11 is 4.96. The summed E-state index contributed by atoms with van der Waals surface area (Å²) in [5, 5.41) is 20.3. The van der Waals surface area contributed by atoms with Gasteiger partial charge in [-0.1, -0.05) is 37.7 Å². The number of aromatic nitrogens is 5. The van der Waals surface area contributed by atoms with Crippen LogP contribution in [0.5, 0.6) is 0 Å². The molecule has 0 amide bonds. The Morgan fingerprint density at radius 3 is 2.69 bits per heavy atom. The van der Waals surface area contributed by atoms with Crippen LogP contribution < -0.4 is 0 Å². The summed E-state index contributed by atoms with van der Waals surface area (Å²) in [6, 6.07) is 10.5. The second-order valence-corrected chi connectivity index (χ2v) is 8.64. The molecule has 0 unspecified atom stereocenters. The third-order valence-corrected chi connectivity index (χ3v) is 6.49. The molecule has 0 aliphatic heterocycles. The highest BCUT2D eigenvalue weighted by Gasteiger charge is 2.12. The summed E-state index contributed by atoms with van der Waals surface area (Å²) in [7, 11) is 0. The van der Waals surface area contributed by atoms with Crippen LogP contribution in [-0.2, 0) is 5.75 Å². The summed E-state index contributed by atoms with van der Waals surface area (Å²) in [5.41, 5.74) is 4.51. The Hall–Kier alpha value is -2.03. The molecular weight excluding hydrogens is 382 g/mol. The Bertz CT molecular complexity index is 971. The normalized spacial score (nSPS) is 11.3. The molecule has 0 bridgehead atoms. The highest BCUT2D eigenvalue weighted by molar-refractivity contribution is 7.98. The van der Waals surface area contributed by atoms with Gasteiger partial charge in [0.15, 0.2) is 0 Å². The van der Waals surface area contributed by atoms with Crippen molar-refractivity contribution in [2.24, 2.45) is 0 Å². The standard InChI is InChI=1S/C18H17N5S3/c1-12(2)13-3-5-16(6-4-13)23-18(20-21-22-23)26-11-15-10-25-17(19-15)14-7-8-24-9-14/h3-10,12H,11H2,1-2H3. The molecule has 0 atom stereocenters. The Kier molecular flexibility index (Phi) is 5.14. The molecule has 0 aliphatic carbocycles. The van der Waals surface area contributed by atoms with Crippen LogP contribution in [0.25, 0.3) is 16.3 Å². The number of rotatable bonds is 6. The largest absolute Gasteiger partial charge is 0.240 e. The van der Waals surface area contributed by atoms with Crippen molar-refractivity contribution in [3.8, 4) is 16.3 Å². The zero-order valence-electron chi connectivity index (χ0n) is 14.4. The highest BCUT2D eigenvalue weighted by Crippen LogP contribution is 2.29. The van der Waals surface area contributed by atoms with Gasteiger partial charge in [0, 0.05) is 22.1 Å². The maximum atomic E-state index is 4.71. The maximum Gasteiger partial charge on any atom is 0.214 e. The van der Waals surface area contributed by atoms with Crippen LogP contribution in [0, 0.1) is 0 Å². The van der Waals surface area contributed by atoms with Crippen molar-refractivity contribution in [2.75, 3.05) is 0 Å². The van der Waals surface area contributed by atoms with E-state index >= 15 is 0 Å². The number of benzene rings is 1. The number of thioether (sulfide) groups is 1. The molecule has 0 spiro atoms. The minimum atomic E-state index is 0.508. The van der Waals surface area contributed by atoms with Crippen molar-refractivity contribution in [1.29, 1.82) is 0 Å². The quantitative estimate of drug-likeness (QED) is 0.414. The zero-order valence-corrected chi connectivity index (χ0v) is 16.8. The van der Waals surface area contributed by atoms with Crippen LogP contribution in [-0.4, -0.2) is 25.2 Å². The Labute approximate surface area is 164 Å². The maximum absolute atomic E-state index is 4.71. The van der Waals surface area contributed by atoms with Gasteiger partial charge in [0.25, 0.3) is 0 Å². The summed E-state index contributed by atoms with van der Waals surface area (Å²) in [4.78, 5) is 4.71. The second-order valence-electron chi connectivity index (χ2n) is 6.06. The van der Waals surface area contributed by atoms with E-state index in [1.54, 1.807) is 39.1 Å². The molecule has 0 aliphatic rings. The Balaban J connectivity index is 1.47. The molecule has 0 saturated heterocycles. The summed E-state index contributed by atoms with van der Waals surface area (Å²) < 4.78 is 1.78. The monoisotopic (exact) mass is 399 g/mol. The van der Waals surface area contributed by atoms with Gasteiger partial charge in [-0.05, 0) is 45.5 Å². The predicted molar refractivity (Wildman–Crippen MR) is 108 cm³/mol. The first-order valence-electron chi connectivity index (χ1n) is 8.19. The van der Waals surface area contributed by atoms with Crippen LogP contribution in [0.2, 0.25) is 0 Å². The Morgan fingerprint density at radius 1 is 1.12 bits per heavy atom.